The van der Waals surface area contributed by atoms with Gasteiger partial charge in [-0.15, -0.1) is 0 Å². The lowest BCUT2D eigenvalue weighted by molar-refractivity contribution is -0.130. The summed E-state index contributed by atoms with van der Waals surface area (Å²) in [6.45, 7) is 5.79. The van der Waals surface area contributed by atoms with Gasteiger partial charge in [0.05, 0.1) is 7.11 Å². The SMILES string of the molecule is COc1ccc2c(c1)CC(CCCNCCCCCN1CCNCCC1=O)CC2. The van der Waals surface area contributed by atoms with Crippen LogP contribution < -0.4 is 15.4 Å². The van der Waals surface area contributed by atoms with Gasteiger partial charge in [-0.1, -0.05) is 12.5 Å². The molecule has 1 heterocycles. The highest BCUT2D eigenvalue weighted by Crippen LogP contribution is 2.30. The fraction of sp³-hybridized carbons (Fsp3) is 0.708. The quantitative estimate of drug-likeness (QED) is 0.559. The van der Waals surface area contributed by atoms with Crippen molar-refractivity contribution in [2.24, 2.45) is 5.92 Å². The number of unbranched alkanes of at least 4 members (excludes halogenated alkanes) is 2. The molecule has 0 radical (unpaired) electrons. The van der Waals surface area contributed by atoms with Crippen molar-refractivity contribution in [2.45, 2.75) is 57.8 Å². The van der Waals surface area contributed by atoms with Crippen molar-refractivity contribution in [3.05, 3.63) is 29.3 Å². The van der Waals surface area contributed by atoms with Gasteiger partial charge in [0.15, 0.2) is 0 Å². The van der Waals surface area contributed by atoms with Crippen LogP contribution in [0.3, 0.4) is 0 Å². The highest BCUT2D eigenvalue weighted by Gasteiger charge is 2.19. The van der Waals surface area contributed by atoms with E-state index in [2.05, 4.69) is 28.8 Å². The zero-order chi connectivity index (χ0) is 20.3. The summed E-state index contributed by atoms with van der Waals surface area (Å²) in [5.41, 5.74) is 3.01. The first kappa shape index (κ1) is 22.1. The van der Waals surface area contributed by atoms with Gasteiger partial charge in [-0.05, 0) is 87.2 Å². The Balaban J connectivity index is 1.20. The molecule has 1 aromatic rings. The van der Waals surface area contributed by atoms with Crippen LogP contribution in [0.5, 0.6) is 5.75 Å². The largest absolute Gasteiger partial charge is 0.497 e. The van der Waals surface area contributed by atoms with E-state index < -0.39 is 0 Å². The van der Waals surface area contributed by atoms with Gasteiger partial charge in [-0.2, -0.15) is 0 Å². The van der Waals surface area contributed by atoms with Crippen LogP contribution in [0.15, 0.2) is 18.2 Å². The second-order valence-corrected chi connectivity index (χ2v) is 8.58. The molecule has 1 aromatic carbocycles. The Hall–Kier alpha value is -1.59. The van der Waals surface area contributed by atoms with Crippen LogP contribution in [0.2, 0.25) is 0 Å². The Morgan fingerprint density at radius 3 is 2.90 bits per heavy atom. The second-order valence-electron chi connectivity index (χ2n) is 8.58. The summed E-state index contributed by atoms with van der Waals surface area (Å²) >= 11 is 0. The first-order chi connectivity index (χ1) is 14.3. The molecule has 1 atom stereocenters. The third-order valence-corrected chi connectivity index (χ3v) is 6.42. The molecule has 29 heavy (non-hydrogen) atoms. The third kappa shape index (κ3) is 7.31. The number of hydrogen-bond acceptors (Lipinski definition) is 4. The van der Waals surface area contributed by atoms with Crippen LogP contribution in [-0.4, -0.2) is 57.2 Å². The van der Waals surface area contributed by atoms with E-state index in [0.29, 0.717) is 12.3 Å². The minimum atomic E-state index is 0.317. The lowest BCUT2D eigenvalue weighted by atomic mass is 9.81. The highest BCUT2D eigenvalue weighted by molar-refractivity contribution is 5.76. The summed E-state index contributed by atoms with van der Waals surface area (Å²) in [4.78, 5) is 14.0. The molecular weight excluding hydrogens is 362 g/mol. The van der Waals surface area contributed by atoms with Crippen LogP contribution in [-0.2, 0) is 17.6 Å². The molecule has 5 heteroatoms. The van der Waals surface area contributed by atoms with E-state index in [1.165, 1.54) is 56.1 Å². The van der Waals surface area contributed by atoms with Crippen molar-refractivity contribution in [3.8, 4) is 5.75 Å². The topological polar surface area (TPSA) is 53.6 Å². The summed E-state index contributed by atoms with van der Waals surface area (Å²) in [6, 6.07) is 6.56. The van der Waals surface area contributed by atoms with E-state index in [-0.39, 0.29) is 0 Å². The molecule has 3 rings (SSSR count). The molecule has 0 aromatic heterocycles. The summed E-state index contributed by atoms with van der Waals surface area (Å²) < 4.78 is 5.38. The molecule has 1 aliphatic heterocycles. The van der Waals surface area contributed by atoms with Crippen LogP contribution in [0.4, 0.5) is 0 Å². The van der Waals surface area contributed by atoms with E-state index in [4.69, 9.17) is 4.74 Å². The van der Waals surface area contributed by atoms with Crippen LogP contribution in [0, 0.1) is 5.92 Å². The van der Waals surface area contributed by atoms with Gasteiger partial charge >= 0.3 is 0 Å². The normalized spacial score (nSPS) is 19.7. The number of ether oxygens (including phenoxy) is 1. The van der Waals surface area contributed by atoms with Gasteiger partial charge in [0.1, 0.15) is 5.75 Å². The highest BCUT2D eigenvalue weighted by atomic mass is 16.5. The monoisotopic (exact) mass is 401 g/mol. The number of rotatable bonds is 11. The van der Waals surface area contributed by atoms with Crippen molar-refractivity contribution in [1.82, 2.24) is 15.5 Å². The summed E-state index contributed by atoms with van der Waals surface area (Å²) in [6.07, 6.45) is 10.5. The number of fused-ring (bicyclic) bond motifs is 1. The smallest absolute Gasteiger partial charge is 0.223 e. The number of carbonyl (C=O) groups is 1. The van der Waals surface area contributed by atoms with Gasteiger partial charge in [0.25, 0.3) is 0 Å². The molecule has 2 N–H and O–H groups in total. The maximum atomic E-state index is 12.0. The van der Waals surface area contributed by atoms with Crippen molar-refractivity contribution in [2.75, 3.05) is 46.4 Å². The van der Waals surface area contributed by atoms with E-state index in [0.717, 1.165) is 57.4 Å². The molecule has 1 aliphatic carbocycles. The second kappa shape index (κ2) is 12.2. The number of methoxy groups -OCH3 is 1. The van der Waals surface area contributed by atoms with Gasteiger partial charge in [-0.25, -0.2) is 0 Å². The number of carbonyl (C=O) groups excluding carboxylic acids is 1. The lowest BCUT2D eigenvalue weighted by Gasteiger charge is -2.25. The fourth-order valence-corrected chi connectivity index (χ4v) is 4.61. The molecule has 2 aliphatic rings. The molecule has 1 saturated heterocycles. The molecule has 1 unspecified atom stereocenters. The number of nitrogens with zero attached hydrogens (tertiary/aromatic N) is 1. The fourth-order valence-electron chi connectivity index (χ4n) is 4.61. The van der Waals surface area contributed by atoms with Gasteiger partial charge in [0.2, 0.25) is 5.91 Å². The van der Waals surface area contributed by atoms with Gasteiger partial charge < -0.3 is 20.3 Å². The van der Waals surface area contributed by atoms with Crippen molar-refractivity contribution < 1.29 is 9.53 Å². The summed E-state index contributed by atoms with van der Waals surface area (Å²) in [5.74, 6) is 2.12. The number of hydrogen-bond donors (Lipinski definition) is 2. The lowest BCUT2D eigenvalue weighted by Crippen LogP contribution is -2.33. The third-order valence-electron chi connectivity index (χ3n) is 6.42. The van der Waals surface area contributed by atoms with Crippen molar-refractivity contribution in [1.29, 1.82) is 0 Å². The Labute approximate surface area is 176 Å². The number of benzene rings is 1. The zero-order valence-corrected chi connectivity index (χ0v) is 18.2. The van der Waals surface area contributed by atoms with Gasteiger partial charge in [-0.3, -0.25) is 4.79 Å². The molecule has 0 spiro atoms. The molecule has 1 fully saturated rings. The number of amides is 1. The van der Waals surface area contributed by atoms with Crippen LogP contribution in [0.1, 0.15) is 56.1 Å². The Morgan fingerprint density at radius 2 is 2.00 bits per heavy atom. The Bertz CT molecular complexity index is 635. The number of aryl methyl sites for hydroxylation is 1. The van der Waals surface area contributed by atoms with E-state index in [9.17, 15) is 4.79 Å². The van der Waals surface area contributed by atoms with Crippen molar-refractivity contribution >= 4 is 5.91 Å². The van der Waals surface area contributed by atoms with Crippen LogP contribution in [0.25, 0.3) is 0 Å². The average molecular weight is 402 g/mol. The first-order valence-electron chi connectivity index (χ1n) is 11.6. The molecule has 1 amide bonds. The Morgan fingerprint density at radius 1 is 1.10 bits per heavy atom. The number of nitrogens with one attached hydrogen (secondary N) is 2. The Kier molecular flexibility index (Phi) is 9.29. The standard InChI is InChI=1S/C24H39N3O2/c1-29-23-10-9-21-8-7-20(18-22(21)19-23)6-5-13-25-12-3-2-4-16-27-17-15-26-14-11-24(27)28/h9-10,19-20,25-26H,2-8,11-18H2,1H3. The summed E-state index contributed by atoms with van der Waals surface area (Å²) in [7, 11) is 1.75. The van der Waals surface area contributed by atoms with Gasteiger partial charge in [0, 0.05) is 32.6 Å². The zero-order valence-electron chi connectivity index (χ0n) is 18.2. The van der Waals surface area contributed by atoms with E-state index in [1.54, 1.807) is 7.11 Å². The predicted molar refractivity (Wildman–Crippen MR) is 119 cm³/mol. The maximum Gasteiger partial charge on any atom is 0.223 e. The average Bonchev–Trinajstić information content (AvgIpc) is 2.96. The molecule has 162 valence electrons. The van der Waals surface area contributed by atoms with Crippen molar-refractivity contribution in [3.63, 3.8) is 0 Å². The minimum absolute atomic E-state index is 0.317. The maximum absolute atomic E-state index is 12.0. The molecule has 0 bridgehead atoms. The molecule has 5 nitrogen and oxygen atoms in total. The molecule has 0 saturated carbocycles. The minimum Gasteiger partial charge on any atom is -0.497 e. The predicted octanol–water partition coefficient (Wildman–Crippen LogP) is 3.16. The van der Waals surface area contributed by atoms with E-state index in [1.807, 2.05) is 4.90 Å². The van der Waals surface area contributed by atoms with E-state index >= 15 is 0 Å². The summed E-state index contributed by atoms with van der Waals surface area (Å²) in [5, 5.41) is 6.90. The first-order valence-corrected chi connectivity index (χ1v) is 11.6. The van der Waals surface area contributed by atoms with Crippen LogP contribution >= 0.6 is 0 Å². The molecular formula is C24H39N3O2.